The fourth-order valence-electron chi connectivity index (χ4n) is 1.29. The van der Waals surface area contributed by atoms with Gasteiger partial charge < -0.3 is 9.84 Å². The maximum atomic E-state index is 13.1. The topological polar surface area (TPSA) is 29.5 Å². The van der Waals surface area contributed by atoms with Gasteiger partial charge in [0.05, 0.1) is 18.2 Å². The zero-order chi connectivity index (χ0) is 14.7. The highest BCUT2D eigenvalue weighted by Gasteiger charge is 2.21. The van der Waals surface area contributed by atoms with Crippen molar-refractivity contribution >= 4 is 11.7 Å². The van der Waals surface area contributed by atoms with Crippen molar-refractivity contribution in [3.63, 3.8) is 0 Å². The van der Waals surface area contributed by atoms with Gasteiger partial charge in [-0.25, -0.2) is 8.78 Å². The van der Waals surface area contributed by atoms with E-state index >= 15 is 0 Å². The Balaban J connectivity index is 3.56. The number of phenolic OH excluding ortho intramolecular Hbond substituents is 1. The molecular formula is C11H6F6O2. The van der Waals surface area contributed by atoms with Crippen LogP contribution < -0.4 is 4.74 Å². The van der Waals surface area contributed by atoms with Gasteiger partial charge in [0.15, 0.2) is 11.7 Å². The Morgan fingerprint density at radius 2 is 1.37 bits per heavy atom. The number of hydrogen-bond acceptors (Lipinski definition) is 2. The first-order valence-electron chi connectivity index (χ1n) is 4.62. The summed E-state index contributed by atoms with van der Waals surface area (Å²) in [5.74, 6) is -5.83. The Morgan fingerprint density at radius 3 is 1.79 bits per heavy atom. The van der Waals surface area contributed by atoms with Crippen LogP contribution in [0.3, 0.4) is 0 Å². The number of aromatic hydroxyl groups is 1. The van der Waals surface area contributed by atoms with Gasteiger partial charge >= 0.3 is 12.2 Å². The Bertz CT molecular complexity index is 557. The van der Waals surface area contributed by atoms with Crippen LogP contribution in [0.4, 0.5) is 26.3 Å². The second kappa shape index (κ2) is 5.68. The lowest BCUT2D eigenvalue weighted by molar-refractivity contribution is 0.395. The van der Waals surface area contributed by atoms with E-state index in [1.807, 2.05) is 0 Å². The summed E-state index contributed by atoms with van der Waals surface area (Å²) in [7, 11) is 0.941. The second-order valence-electron chi connectivity index (χ2n) is 3.22. The minimum Gasteiger partial charge on any atom is -0.507 e. The van der Waals surface area contributed by atoms with Gasteiger partial charge in [-0.3, -0.25) is 0 Å². The highest BCUT2D eigenvalue weighted by molar-refractivity contribution is 5.74. The Kier molecular flexibility index (Phi) is 4.47. The van der Waals surface area contributed by atoms with Crippen LogP contribution in [-0.4, -0.2) is 12.2 Å². The number of halogens is 6. The lowest BCUT2D eigenvalue weighted by Crippen LogP contribution is -1.93. The molecule has 1 aromatic carbocycles. The van der Waals surface area contributed by atoms with E-state index in [4.69, 9.17) is 0 Å². The molecule has 0 bridgehead atoms. The number of ether oxygens (including phenoxy) is 1. The van der Waals surface area contributed by atoms with Crippen molar-refractivity contribution in [2.45, 2.75) is 0 Å². The van der Waals surface area contributed by atoms with Crippen LogP contribution in [0.25, 0.3) is 11.7 Å². The molecule has 0 atom stereocenters. The van der Waals surface area contributed by atoms with Crippen LogP contribution in [0.2, 0.25) is 0 Å². The molecule has 0 heterocycles. The van der Waals surface area contributed by atoms with E-state index in [0.29, 0.717) is 12.1 Å². The zero-order valence-electron chi connectivity index (χ0n) is 9.28. The van der Waals surface area contributed by atoms with Crippen LogP contribution in [-0.2, 0) is 0 Å². The molecule has 1 N–H and O–H groups in total. The number of phenols is 1. The third kappa shape index (κ3) is 3.01. The maximum Gasteiger partial charge on any atom is 0.306 e. The molecule has 0 saturated heterocycles. The van der Waals surface area contributed by atoms with Crippen LogP contribution in [0, 0.1) is 0 Å². The van der Waals surface area contributed by atoms with Crippen molar-refractivity contribution < 1.29 is 36.2 Å². The van der Waals surface area contributed by atoms with Crippen molar-refractivity contribution in [3.8, 4) is 11.5 Å². The third-order valence-corrected chi connectivity index (χ3v) is 2.12. The molecule has 0 aliphatic carbocycles. The first-order valence-corrected chi connectivity index (χ1v) is 4.62. The standard InChI is InChI=1S/C11H6F6O2/c1-19-7-3-4(8(12)10(14)15)6(18)2-5(7)9(13)11(16)17/h2-3,18H,1H3. The van der Waals surface area contributed by atoms with E-state index in [2.05, 4.69) is 4.74 Å². The fraction of sp³-hybridized carbons (Fsp3) is 0.0909. The maximum absolute atomic E-state index is 13.1. The summed E-state index contributed by atoms with van der Waals surface area (Å²) in [5.41, 5.74) is -1.87. The summed E-state index contributed by atoms with van der Waals surface area (Å²) in [6.45, 7) is 0. The van der Waals surface area contributed by atoms with E-state index in [9.17, 15) is 31.4 Å². The molecule has 8 heteroatoms. The van der Waals surface area contributed by atoms with Crippen molar-refractivity contribution in [2.75, 3.05) is 7.11 Å². The first-order chi connectivity index (χ1) is 8.79. The number of benzene rings is 1. The quantitative estimate of drug-likeness (QED) is 0.830. The third-order valence-electron chi connectivity index (χ3n) is 2.12. The molecule has 0 amide bonds. The van der Waals surface area contributed by atoms with Gasteiger partial charge in [-0.05, 0) is 12.1 Å². The van der Waals surface area contributed by atoms with Crippen molar-refractivity contribution in [2.24, 2.45) is 0 Å². The molecule has 0 aromatic heterocycles. The molecule has 0 radical (unpaired) electrons. The molecule has 0 saturated carbocycles. The minimum atomic E-state index is -2.72. The first kappa shape index (κ1) is 14.9. The lowest BCUT2D eigenvalue weighted by atomic mass is 10.1. The molecule has 0 aliphatic heterocycles. The van der Waals surface area contributed by atoms with Crippen molar-refractivity contribution in [3.05, 3.63) is 35.4 Å². The van der Waals surface area contributed by atoms with Gasteiger partial charge in [-0.1, -0.05) is 0 Å². The Hall–Kier alpha value is -2.12. The van der Waals surface area contributed by atoms with E-state index in [1.165, 1.54) is 0 Å². The molecule has 2 nitrogen and oxygen atoms in total. The summed E-state index contributed by atoms with van der Waals surface area (Å²) in [5, 5.41) is 9.26. The average molecular weight is 284 g/mol. The van der Waals surface area contributed by atoms with Gasteiger partial charge in [0.25, 0.3) is 0 Å². The second-order valence-corrected chi connectivity index (χ2v) is 3.22. The molecule has 1 rings (SSSR count). The van der Waals surface area contributed by atoms with Crippen molar-refractivity contribution in [1.29, 1.82) is 0 Å². The average Bonchev–Trinajstić information content (AvgIpc) is 2.36. The molecule has 0 unspecified atom stereocenters. The highest BCUT2D eigenvalue weighted by atomic mass is 19.3. The SMILES string of the molecule is COc1cc(C(F)=C(F)F)c(O)cc1C(F)=C(F)F. The Labute approximate surface area is 103 Å². The van der Waals surface area contributed by atoms with E-state index in [0.717, 1.165) is 7.11 Å². The number of rotatable bonds is 3. The molecule has 104 valence electrons. The molecular weight excluding hydrogens is 278 g/mol. The van der Waals surface area contributed by atoms with Gasteiger partial charge in [0.2, 0.25) is 0 Å². The number of hydrogen-bond donors (Lipinski definition) is 1. The molecule has 0 aliphatic rings. The van der Waals surface area contributed by atoms with Crippen LogP contribution in [0.5, 0.6) is 11.5 Å². The van der Waals surface area contributed by atoms with Gasteiger partial charge in [0, 0.05) is 0 Å². The summed E-state index contributed by atoms with van der Waals surface area (Å²) in [6.07, 6.45) is -5.42. The smallest absolute Gasteiger partial charge is 0.306 e. The molecule has 0 spiro atoms. The highest BCUT2D eigenvalue weighted by Crippen LogP contribution is 2.39. The van der Waals surface area contributed by atoms with Crippen molar-refractivity contribution in [1.82, 2.24) is 0 Å². The zero-order valence-corrected chi connectivity index (χ0v) is 9.28. The predicted molar refractivity (Wildman–Crippen MR) is 55.1 cm³/mol. The van der Waals surface area contributed by atoms with E-state index in [1.54, 1.807) is 0 Å². The molecule has 1 aromatic rings. The molecule has 0 fully saturated rings. The van der Waals surface area contributed by atoms with Gasteiger partial charge in [-0.15, -0.1) is 0 Å². The van der Waals surface area contributed by atoms with E-state index < -0.39 is 46.4 Å². The predicted octanol–water partition coefficient (Wildman–Crippen LogP) is 4.47. The van der Waals surface area contributed by atoms with Crippen LogP contribution in [0.15, 0.2) is 24.3 Å². The van der Waals surface area contributed by atoms with Gasteiger partial charge in [-0.2, -0.15) is 17.6 Å². The monoisotopic (exact) mass is 284 g/mol. The van der Waals surface area contributed by atoms with E-state index in [-0.39, 0.29) is 0 Å². The number of methoxy groups -OCH3 is 1. The molecule has 19 heavy (non-hydrogen) atoms. The van der Waals surface area contributed by atoms with Crippen LogP contribution in [0.1, 0.15) is 11.1 Å². The minimum absolute atomic E-state index is 0.366. The lowest BCUT2D eigenvalue weighted by Gasteiger charge is -2.10. The van der Waals surface area contributed by atoms with Crippen LogP contribution >= 0.6 is 0 Å². The van der Waals surface area contributed by atoms with Gasteiger partial charge in [0.1, 0.15) is 11.5 Å². The largest absolute Gasteiger partial charge is 0.507 e. The normalized spacial score (nSPS) is 10.1. The summed E-state index contributed by atoms with van der Waals surface area (Å²) in [4.78, 5) is 0. The summed E-state index contributed by atoms with van der Waals surface area (Å²) >= 11 is 0. The Morgan fingerprint density at radius 1 is 0.895 bits per heavy atom. The fourth-order valence-corrected chi connectivity index (χ4v) is 1.29. The summed E-state index contributed by atoms with van der Waals surface area (Å²) < 4.78 is 78.9. The summed E-state index contributed by atoms with van der Waals surface area (Å²) in [6, 6.07) is 0.854.